The van der Waals surface area contributed by atoms with Gasteiger partial charge in [0.25, 0.3) is 0 Å². The van der Waals surface area contributed by atoms with E-state index in [2.05, 4.69) is 22.4 Å². The largest absolute Gasteiger partial charge is 0.313 e. The van der Waals surface area contributed by atoms with Crippen molar-refractivity contribution in [2.24, 2.45) is 11.8 Å². The monoisotopic (exact) mass is 216 g/mol. The summed E-state index contributed by atoms with van der Waals surface area (Å²) in [5, 5.41) is 3.75. The molecule has 0 aliphatic heterocycles. The fourth-order valence-corrected chi connectivity index (χ4v) is 2.54. The van der Waals surface area contributed by atoms with E-state index >= 15 is 0 Å². The van der Waals surface area contributed by atoms with Gasteiger partial charge in [-0.15, -0.1) is 0 Å². The Kier molecular flexibility index (Phi) is 2.92. The lowest BCUT2D eigenvalue weighted by atomic mass is 10.1. The molecule has 0 bridgehead atoms. The van der Waals surface area contributed by atoms with Crippen LogP contribution in [0, 0.1) is 11.8 Å². The maximum Gasteiger partial charge on any atom is 0.0416 e. The summed E-state index contributed by atoms with van der Waals surface area (Å²) in [6.07, 6.45) is 8.77. The van der Waals surface area contributed by atoms with Crippen molar-refractivity contribution in [1.29, 1.82) is 0 Å². The van der Waals surface area contributed by atoms with E-state index in [0.29, 0.717) is 0 Å². The predicted molar refractivity (Wildman–Crippen MR) is 65.2 cm³/mol. The lowest BCUT2D eigenvalue weighted by Crippen LogP contribution is -2.34. The van der Waals surface area contributed by atoms with E-state index in [0.717, 1.165) is 30.8 Å². The van der Waals surface area contributed by atoms with E-state index in [4.69, 9.17) is 0 Å². The summed E-state index contributed by atoms with van der Waals surface area (Å²) in [5.41, 5.74) is 1.21. The summed E-state index contributed by atoms with van der Waals surface area (Å²) in [4.78, 5) is 4.36. The second-order valence-electron chi connectivity index (χ2n) is 5.23. The molecule has 2 fully saturated rings. The van der Waals surface area contributed by atoms with Gasteiger partial charge in [-0.2, -0.15) is 0 Å². The van der Waals surface area contributed by atoms with Crippen molar-refractivity contribution in [3.8, 4) is 0 Å². The quantitative estimate of drug-likeness (QED) is 0.790. The first-order valence-corrected chi connectivity index (χ1v) is 6.57. The minimum Gasteiger partial charge on any atom is -0.313 e. The highest BCUT2D eigenvalue weighted by atomic mass is 14.9. The van der Waals surface area contributed by atoms with E-state index in [-0.39, 0.29) is 0 Å². The van der Waals surface area contributed by atoms with Crippen LogP contribution in [0.2, 0.25) is 0 Å². The molecule has 3 rings (SSSR count). The number of hydrogen-bond donors (Lipinski definition) is 1. The molecule has 1 aromatic heterocycles. The molecule has 2 aliphatic carbocycles. The number of pyridine rings is 1. The van der Waals surface area contributed by atoms with Crippen LogP contribution in [0.25, 0.3) is 0 Å². The third kappa shape index (κ3) is 2.62. The predicted octanol–water partition coefficient (Wildman–Crippen LogP) is 2.40. The van der Waals surface area contributed by atoms with Crippen LogP contribution in [-0.2, 0) is 6.42 Å². The zero-order valence-corrected chi connectivity index (χ0v) is 9.73. The normalized spacial score (nSPS) is 20.3. The minimum atomic E-state index is 0.823. The molecule has 0 spiro atoms. The molecule has 1 N–H and O–H groups in total. The average Bonchev–Trinajstić information content (AvgIpc) is 3.17. The lowest BCUT2D eigenvalue weighted by Gasteiger charge is -2.17. The molecule has 2 nitrogen and oxygen atoms in total. The van der Waals surface area contributed by atoms with Gasteiger partial charge < -0.3 is 5.32 Å². The Labute approximate surface area is 97.5 Å². The van der Waals surface area contributed by atoms with Crippen LogP contribution in [-0.4, -0.2) is 17.6 Å². The average molecular weight is 216 g/mol. The lowest BCUT2D eigenvalue weighted by molar-refractivity contribution is 0.419. The fraction of sp³-hybridized carbons (Fsp3) is 0.643. The molecule has 0 radical (unpaired) electrons. The van der Waals surface area contributed by atoms with Crippen molar-refractivity contribution in [1.82, 2.24) is 10.3 Å². The summed E-state index contributed by atoms with van der Waals surface area (Å²) in [6.45, 7) is 1.09. The number of nitrogens with one attached hydrogen (secondary N) is 1. The summed E-state index contributed by atoms with van der Waals surface area (Å²) >= 11 is 0. The Morgan fingerprint density at radius 2 is 1.94 bits per heavy atom. The number of hydrogen-bond acceptors (Lipinski definition) is 2. The van der Waals surface area contributed by atoms with Gasteiger partial charge in [0.2, 0.25) is 0 Å². The third-order valence-corrected chi connectivity index (χ3v) is 3.75. The van der Waals surface area contributed by atoms with Gasteiger partial charge in [0, 0.05) is 30.9 Å². The first kappa shape index (κ1) is 10.3. The topological polar surface area (TPSA) is 24.9 Å². The molecular weight excluding hydrogens is 196 g/mol. The summed E-state index contributed by atoms with van der Waals surface area (Å²) in [5.74, 6) is 1.99. The SMILES string of the molecule is c1ccc(CCNC(C2CC2)C2CC2)nc1. The van der Waals surface area contributed by atoms with Crippen LogP contribution in [0.4, 0.5) is 0 Å². The standard InChI is InChI=1S/C14H20N2/c1-2-9-15-13(3-1)8-10-16-14(11-4-5-11)12-6-7-12/h1-3,9,11-12,14,16H,4-8,10H2. The van der Waals surface area contributed by atoms with Crippen molar-refractivity contribution < 1.29 is 0 Å². The molecule has 2 aliphatic rings. The van der Waals surface area contributed by atoms with Crippen LogP contribution in [0.3, 0.4) is 0 Å². The van der Waals surface area contributed by atoms with Crippen LogP contribution in [0.5, 0.6) is 0 Å². The van der Waals surface area contributed by atoms with Gasteiger partial charge in [-0.3, -0.25) is 4.98 Å². The highest BCUT2D eigenvalue weighted by Crippen LogP contribution is 2.44. The maximum absolute atomic E-state index is 4.36. The molecule has 0 saturated heterocycles. The Morgan fingerprint density at radius 1 is 1.19 bits per heavy atom. The zero-order valence-electron chi connectivity index (χ0n) is 9.73. The van der Waals surface area contributed by atoms with Crippen molar-refractivity contribution >= 4 is 0 Å². The van der Waals surface area contributed by atoms with E-state index in [1.165, 1.54) is 31.4 Å². The summed E-state index contributed by atoms with van der Waals surface area (Å²) in [6, 6.07) is 6.99. The minimum absolute atomic E-state index is 0.823. The van der Waals surface area contributed by atoms with Crippen LogP contribution in [0.1, 0.15) is 31.4 Å². The van der Waals surface area contributed by atoms with Crippen LogP contribution < -0.4 is 5.32 Å². The van der Waals surface area contributed by atoms with Crippen molar-refractivity contribution in [2.75, 3.05) is 6.54 Å². The summed E-state index contributed by atoms with van der Waals surface area (Å²) < 4.78 is 0. The van der Waals surface area contributed by atoms with Crippen molar-refractivity contribution in [3.05, 3.63) is 30.1 Å². The van der Waals surface area contributed by atoms with Gasteiger partial charge in [-0.1, -0.05) is 6.07 Å². The van der Waals surface area contributed by atoms with Gasteiger partial charge in [-0.05, 0) is 49.7 Å². The number of rotatable bonds is 6. The van der Waals surface area contributed by atoms with Crippen LogP contribution in [0.15, 0.2) is 24.4 Å². The molecular formula is C14H20N2. The van der Waals surface area contributed by atoms with E-state index in [1.54, 1.807) is 0 Å². The first-order valence-electron chi connectivity index (χ1n) is 6.57. The maximum atomic E-state index is 4.36. The molecule has 0 amide bonds. The van der Waals surface area contributed by atoms with Crippen molar-refractivity contribution in [3.63, 3.8) is 0 Å². The van der Waals surface area contributed by atoms with Gasteiger partial charge in [-0.25, -0.2) is 0 Å². The second-order valence-corrected chi connectivity index (χ2v) is 5.23. The smallest absolute Gasteiger partial charge is 0.0416 e. The molecule has 2 heteroatoms. The highest BCUT2D eigenvalue weighted by Gasteiger charge is 2.40. The molecule has 0 atom stereocenters. The Morgan fingerprint density at radius 3 is 2.50 bits per heavy atom. The van der Waals surface area contributed by atoms with E-state index in [1.807, 2.05) is 12.3 Å². The highest BCUT2D eigenvalue weighted by molar-refractivity contribution is 5.04. The molecule has 2 saturated carbocycles. The van der Waals surface area contributed by atoms with Crippen LogP contribution >= 0.6 is 0 Å². The first-order chi connectivity index (χ1) is 7.93. The molecule has 1 heterocycles. The van der Waals surface area contributed by atoms with Gasteiger partial charge >= 0.3 is 0 Å². The third-order valence-electron chi connectivity index (χ3n) is 3.75. The molecule has 0 aromatic carbocycles. The molecule has 16 heavy (non-hydrogen) atoms. The Hall–Kier alpha value is -0.890. The van der Waals surface area contributed by atoms with E-state index < -0.39 is 0 Å². The summed E-state index contributed by atoms with van der Waals surface area (Å²) in [7, 11) is 0. The number of nitrogens with zero attached hydrogens (tertiary/aromatic N) is 1. The molecule has 1 aromatic rings. The van der Waals surface area contributed by atoms with Gasteiger partial charge in [0.05, 0.1) is 0 Å². The molecule has 0 unspecified atom stereocenters. The Bertz CT molecular complexity index is 316. The zero-order chi connectivity index (χ0) is 10.8. The van der Waals surface area contributed by atoms with Gasteiger partial charge in [0.1, 0.15) is 0 Å². The Balaban J connectivity index is 1.45. The molecule has 86 valence electrons. The fourth-order valence-electron chi connectivity index (χ4n) is 2.54. The second kappa shape index (κ2) is 4.54. The number of aromatic nitrogens is 1. The van der Waals surface area contributed by atoms with Crippen molar-refractivity contribution in [2.45, 2.75) is 38.1 Å². The van der Waals surface area contributed by atoms with Gasteiger partial charge in [0.15, 0.2) is 0 Å². The van der Waals surface area contributed by atoms with E-state index in [9.17, 15) is 0 Å².